The Balaban J connectivity index is 1.17. The van der Waals surface area contributed by atoms with Crippen LogP contribution in [0.15, 0.2) is 51.9 Å². The second-order valence-corrected chi connectivity index (χ2v) is 12.8. The molecule has 2 fully saturated rings. The Morgan fingerprint density at radius 2 is 1.74 bits per heavy atom. The van der Waals surface area contributed by atoms with Crippen molar-refractivity contribution in [2.45, 2.75) is 50.0 Å². The van der Waals surface area contributed by atoms with Gasteiger partial charge in [0.15, 0.2) is 0 Å². The van der Waals surface area contributed by atoms with E-state index in [2.05, 4.69) is 20.4 Å². The minimum Gasteiger partial charge on any atom is -0.338 e. The molecule has 39 heavy (non-hydrogen) atoms. The van der Waals surface area contributed by atoms with E-state index in [0.717, 1.165) is 45.1 Å². The topological polar surface area (TPSA) is 109 Å². The average molecular weight is 593 g/mol. The van der Waals surface area contributed by atoms with Crippen LogP contribution >= 0.6 is 23.2 Å². The number of hydrogen-bond donors (Lipinski definition) is 1. The monoisotopic (exact) mass is 591 g/mol. The van der Waals surface area contributed by atoms with Gasteiger partial charge in [-0.3, -0.25) is 9.69 Å². The summed E-state index contributed by atoms with van der Waals surface area (Å²) in [5.74, 6) is 0.520. The van der Waals surface area contributed by atoms with Crippen LogP contribution in [0, 0.1) is 5.92 Å². The zero-order valence-corrected chi connectivity index (χ0v) is 23.8. The number of sulfonamides is 1. The first kappa shape index (κ1) is 28.0. The van der Waals surface area contributed by atoms with Crippen molar-refractivity contribution in [3.05, 3.63) is 58.4 Å². The number of nitrogens with one attached hydrogen (secondary N) is 1. The molecule has 0 aliphatic carbocycles. The molecule has 0 bridgehead atoms. The summed E-state index contributed by atoms with van der Waals surface area (Å²) in [6.45, 7) is 2.89. The highest BCUT2D eigenvalue weighted by Crippen LogP contribution is 2.29. The molecule has 0 saturated carbocycles. The fraction of sp³-hybridized carbons (Fsp3) is 0.444. The van der Waals surface area contributed by atoms with Crippen molar-refractivity contribution >= 4 is 44.8 Å². The van der Waals surface area contributed by atoms with Gasteiger partial charge in [0.1, 0.15) is 0 Å². The Hall–Kier alpha value is -2.50. The number of nitrogens with zero attached hydrogens (tertiary/aromatic N) is 4. The molecule has 0 radical (unpaired) electrons. The molecule has 1 unspecified atom stereocenters. The third kappa shape index (κ3) is 6.81. The third-order valence-electron chi connectivity index (χ3n) is 7.20. The average Bonchev–Trinajstić information content (AvgIpc) is 3.19. The first-order valence-corrected chi connectivity index (χ1v) is 15.4. The normalized spacial score (nSPS) is 19.5. The maximum absolute atomic E-state index is 13.0. The van der Waals surface area contributed by atoms with Gasteiger partial charge in [0, 0.05) is 35.9 Å². The number of benzene rings is 2. The van der Waals surface area contributed by atoms with Crippen LogP contribution in [0.25, 0.3) is 11.4 Å². The van der Waals surface area contributed by atoms with Crippen molar-refractivity contribution < 1.29 is 17.7 Å². The van der Waals surface area contributed by atoms with Gasteiger partial charge in [-0.1, -0.05) is 41.2 Å². The fourth-order valence-corrected chi connectivity index (χ4v) is 7.10. The SMILES string of the molecule is O=C(Nc1ccc(S(=O)(=O)N2CCCCCC2)cc1)C1CCCN(Cc2nc(-c3ccc(Cl)cc3Cl)no2)C1. The van der Waals surface area contributed by atoms with Crippen LogP contribution in [0.2, 0.25) is 10.0 Å². The molecule has 2 aliphatic heterocycles. The molecule has 9 nitrogen and oxygen atoms in total. The first-order chi connectivity index (χ1) is 18.8. The number of rotatable bonds is 7. The summed E-state index contributed by atoms with van der Waals surface area (Å²) in [5, 5.41) is 7.96. The number of carbonyl (C=O) groups is 1. The number of anilines is 1. The third-order valence-corrected chi connectivity index (χ3v) is 9.66. The molecule has 5 rings (SSSR count). The lowest BCUT2D eigenvalue weighted by Gasteiger charge is -2.30. The summed E-state index contributed by atoms with van der Waals surface area (Å²) in [6, 6.07) is 11.6. The van der Waals surface area contributed by atoms with Gasteiger partial charge in [0.25, 0.3) is 0 Å². The lowest BCUT2D eigenvalue weighted by molar-refractivity contribution is -0.121. The predicted octanol–water partition coefficient (Wildman–Crippen LogP) is 5.46. The molecule has 1 N–H and O–H groups in total. The molecule has 2 aromatic carbocycles. The van der Waals surface area contributed by atoms with Crippen LogP contribution in [0.3, 0.4) is 0 Å². The lowest BCUT2D eigenvalue weighted by atomic mass is 9.97. The van der Waals surface area contributed by atoms with Gasteiger partial charge in [-0.25, -0.2) is 8.42 Å². The number of piperidine rings is 1. The summed E-state index contributed by atoms with van der Waals surface area (Å²) in [4.78, 5) is 19.9. The molecule has 1 atom stereocenters. The van der Waals surface area contributed by atoms with Crippen LogP contribution in [-0.4, -0.2) is 59.8 Å². The maximum atomic E-state index is 13.0. The number of hydrogen-bond acceptors (Lipinski definition) is 7. The van der Waals surface area contributed by atoms with Crippen LogP contribution < -0.4 is 5.32 Å². The van der Waals surface area contributed by atoms with E-state index in [1.165, 1.54) is 0 Å². The highest BCUT2D eigenvalue weighted by atomic mass is 35.5. The van der Waals surface area contributed by atoms with Gasteiger partial charge in [-0.05, 0) is 74.7 Å². The Morgan fingerprint density at radius 1 is 1.00 bits per heavy atom. The number of amides is 1. The molecule has 0 spiro atoms. The Labute approximate surface area is 238 Å². The molecular weight excluding hydrogens is 561 g/mol. The standard InChI is InChI=1S/C27H31Cl2N5O4S/c28-20-7-12-23(24(29)16-20)26-31-25(38-32-26)18-33-13-5-6-19(17-33)27(35)30-21-8-10-22(11-9-21)39(36,37)34-14-3-1-2-4-15-34/h7-12,16,19H,1-6,13-15,17-18H2,(H,30,35). The Morgan fingerprint density at radius 3 is 2.46 bits per heavy atom. The molecule has 1 aromatic heterocycles. The molecule has 12 heteroatoms. The predicted molar refractivity (Wildman–Crippen MR) is 150 cm³/mol. The summed E-state index contributed by atoms with van der Waals surface area (Å²) in [5.41, 5.74) is 1.21. The van der Waals surface area contributed by atoms with Crippen molar-refractivity contribution in [1.82, 2.24) is 19.3 Å². The molecule has 3 heterocycles. The second-order valence-electron chi connectivity index (χ2n) is 10.0. The van der Waals surface area contributed by atoms with Gasteiger partial charge in [0.05, 0.1) is 22.4 Å². The van der Waals surface area contributed by atoms with Gasteiger partial charge in [-0.2, -0.15) is 9.29 Å². The summed E-state index contributed by atoms with van der Waals surface area (Å²) in [7, 11) is -3.53. The highest BCUT2D eigenvalue weighted by molar-refractivity contribution is 7.89. The zero-order chi connectivity index (χ0) is 27.4. The molecular formula is C27H31Cl2N5O4S. The Kier molecular flexibility index (Phi) is 8.88. The van der Waals surface area contributed by atoms with Crippen LogP contribution in [0.1, 0.15) is 44.4 Å². The summed E-state index contributed by atoms with van der Waals surface area (Å²) < 4.78 is 33.1. The fourth-order valence-electron chi connectivity index (χ4n) is 5.09. The molecule has 3 aromatic rings. The van der Waals surface area contributed by atoms with Gasteiger partial charge in [-0.15, -0.1) is 0 Å². The van der Waals surface area contributed by atoms with Crippen molar-refractivity contribution in [1.29, 1.82) is 0 Å². The number of carbonyl (C=O) groups excluding carboxylic acids is 1. The van der Waals surface area contributed by atoms with Crippen molar-refractivity contribution in [3.8, 4) is 11.4 Å². The van der Waals surface area contributed by atoms with E-state index in [4.69, 9.17) is 27.7 Å². The number of aromatic nitrogens is 2. The number of halogens is 2. The van der Waals surface area contributed by atoms with E-state index < -0.39 is 10.0 Å². The smallest absolute Gasteiger partial charge is 0.243 e. The zero-order valence-electron chi connectivity index (χ0n) is 21.5. The van der Waals surface area contributed by atoms with E-state index in [0.29, 0.717) is 59.2 Å². The van der Waals surface area contributed by atoms with Gasteiger partial charge in [0.2, 0.25) is 27.6 Å². The first-order valence-electron chi connectivity index (χ1n) is 13.2. The van der Waals surface area contributed by atoms with Crippen molar-refractivity contribution in [3.63, 3.8) is 0 Å². The molecule has 208 valence electrons. The molecule has 2 aliphatic rings. The Bertz CT molecular complexity index is 1410. The minimum atomic E-state index is -3.53. The van der Waals surface area contributed by atoms with E-state index >= 15 is 0 Å². The highest BCUT2D eigenvalue weighted by Gasteiger charge is 2.28. The molecule has 2 saturated heterocycles. The van der Waals surface area contributed by atoms with E-state index in [1.807, 2.05) is 0 Å². The van der Waals surface area contributed by atoms with E-state index in [1.54, 1.807) is 46.8 Å². The molecule has 1 amide bonds. The summed E-state index contributed by atoms with van der Waals surface area (Å²) >= 11 is 12.2. The van der Waals surface area contributed by atoms with Crippen LogP contribution in [-0.2, 0) is 21.4 Å². The maximum Gasteiger partial charge on any atom is 0.243 e. The van der Waals surface area contributed by atoms with Gasteiger partial charge < -0.3 is 9.84 Å². The summed E-state index contributed by atoms with van der Waals surface area (Å²) in [6.07, 6.45) is 5.51. The van der Waals surface area contributed by atoms with Crippen LogP contribution in [0.5, 0.6) is 0 Å². The second kappa shape index (κ2) is 12.3. The van der Waals surface area contributed by atoms with E-state index in [-0.39, 0.29) is 16.7 Å². The van der Waals surface area contributed by atoms with Crippen LogP contribution in [0.4, 0.5) is 5.69 Å². The van der Waals surface area contributed by atoms with Crippen molar-refractivity contribution in [2.24, 2.45) is 5.92 Å². The van der Waals surface area contributed by atoms with E-state index in [9.17, 15) is 13.2 Å². The lowest BCUT2D eigenvalue weighted by Crippen LogP contribution is -2.40. The largest absolute Gasteiger partial charge is 0.338 e. The minimum absolute atomic E-state index is 0.0954. The van der Waals surface area contributed by atoms with Crippen molar-refractivity contribution in [2.75, 3.05) is 31.5 Å². The number of likely N-dealkylation sites (tertiary alicyclic amines) is 1. The van der Waals surface area contributed by atoms with Gasteiger partial charge >= 0.3 is 0 Å². The quantitative estimate of drug-likeness (QED) is 0.388.